The van der Waals surface area contributed by atoms with Crippen LogP contribution in [-0.4, -0.2) is 23.3 Å². The molecule has 0 amide bonds. The van der Waals surface area contributed by atoms with Gasteiger partial charge in [-0.25, -0.2) is 0 Å². The molecule has 1 atom stereocenters. The van der Waals surface area contributed by atoms with Crippen molar-refractivity contribution in [1.29, 1.82) is 0 Å². The van der Waals surface area contributed by atoms with Gasteiger partial charge >= 0.3 is 0 Å². The number of ether oxygens (including phenoxy) is 1. The molecular weight excluding hydrogens is 160 g/mol. The summed E-state index contributed by atoms with van der Waals surface area (Å²) >= 11 is 3.03. The van der Waals surface area contributed by atoms with Crippen LogP contribution in [0, 0.1) is 6.92 Å². The Morgan fingerprint density at radius 2 is 2.43 bits per heavy atom. The second kappa shape index (κ2) is 4.56. The van der Waals surface area contributed by atoms with Crippen molar-refractivity contribution >= 4 is 15.9 Å². The maximum atomic E-state index is 8.14. The molecule has 7 heavy (non-hydrogen) atoms. The van der Waals surface area contributed by atoms with E-state index < -0.39 is 0 Å². The molecule has 0 aliphatic carbocycles. The molecule has 0 aliphatic rings. The van der Waals surface area contributed by atoms with Crippen molar-refractivity contribution in [2.24, 2.45) is 0 Å². The van der Waals surface area contributed by atoms with Crippen molar-refractivity contribution < 1.29 is 9.84 Å². The van der Waals surface area contributed by atoms with Gasteiger partial charge in [0.25, 0.3) is 0 Å². The molecule has 1 radical (unpaired) electrons. The predicted octanol–water partition coefficient (Wildman–Crippen LogP) is 0.550. The molecule has 0 aromatic rings. The van der Waals surface area contributed by atoms with Gasteiger partial charge in [0.05, 0.1) is 13.2 Å². The average molecular weight is 168 g/mol. The van der Waals surface area contributed by atoms with Crippen LogP contribution < -0.4 is 0 Å². The molecule has 0 heterocycles. The normalized spacial score (nSPS) is 14.1. The summed E-state index contributed by atoms with van der Waals surface area (Å²) in [7, 11) is 0. The van der Waals surface area contributed by atoms with E-state index in [1.165, 1.54) is 0 Å². The minimum Gasteiger partial charge on any atom is -0.394 e. The molecule has 1 N–H and O–H groups in total. The Morgan fingerprint density at radius 3 is 2.57 bits per heavy atom. The van der Waals surface area contributed by atoms with E-state index in [9.17, 15) is 0 Å². The van der Waals surface area contributed by atoms with E-state index in [0.717, 1.165) is 0 Å². The van der Waals surface area contributed by atoms with Crippen molar-refractivity contribution in [2.45, 2.75) is 5.01 Å². The van der Waals surface area contributed by atoms with Crippen molar-refractivity contribution in [3.8, 4) is 0 Å². The molecule has 2 nitrogen and oxygen atoms in total. The van der Waals surface area contributed by atoms with Crippen molar-refractivity contribution in [2.75, 3.05) is 13.2 Å². The van der Waals surface area contributed by atoms with Crippen LogP contribution >= 0.6 is 15.9 Å². The maximum Gasteiger partial charge on any atom is 0.112 e. The van der Waals surface area contributed by atoms with Gasteiger partial charge in [0.1, 0.15) is 5.01 Å². The lowest BCUT2D eigenvalue weighted by atomic mass is 10.7. The minimum absolute atomic E-state index is 0.0532. The van der Waals surface area contributed by atoms with Gasteiger partial charge in [0.15, 0.2) is 0 Å². The molecule has 43 valence electrons. The van der Waals surface area contributed by atoms with Gasteiger partial charge in [0, 0.05) is 0 Å². The van der Waals surface area contributed by atoms with Crippen LogP contribution in [0.25, 0.3) is 0 Å². The largest absolute Gasteiger partial charge is 0.394 e. The van der Waals surface area contributed by atoms with E-state index in [-0.39, 0.29) is 11.6 Å². The highest BCUT2D eigenvalue weighted by Gasteiger charge is 1.90. The fourth-order valence-corrected chi connectivity index (χ4v) is 0.367. The van der Waals surface area contributed by atoms with E-state index in [1.807, 2.05) is 0 Å². The Bertz CT molecular complexity index is 38.7. The summed E-state index contributed by atoms with van der Waals surface area (Å²) in [4.78, 5) is 0. The molecule has 0 rings (SSSR count). The Hall–Kier alpha value is 0.400. The molecule has 0 fully saturated rings. The lowest BCUT2D eigenvalue weighted by Crippen LogP contribution is -2.03. The molecule has 1 unspecified atom stereocenters. The molecule has 0 aliphatic heterocycles. The topological polar surface area (TPSA) is 29.5 Å². The van der Waals surface area contributed by atoms with E-state index in [1.54, 1.807) is 0 Å². The van der Waals surface area contributed by atoms with Gasteiger partial charge in [0.2, 0.25) is 0 Å². The van der Waals surface area contributed by atoms with Gasteiger partial charge in [-0.05, 0) is 6.92 Å². The lowest BCUT2D eigenvalue weighted by Gasteiger charge is -2.00. The smallest absolute Gasteiger partial charge is 0.112 e. The first-order valence-corrected chi connectivity index (χ1v) is 2.88. The number of hydrogen-bond donors (Lipinski definition) is 1. The second-order valence-electron chi connectivity index (χ2n) is 1.00. The Balaban J connectivity index is 2.68. The van der Waals surface area contributed by atoms with Crippen LogP contribution in [0.5, 0.6) is 0 Å². The highest BCUT2D eigenvalue weighted by Crippen LogP contribution is 1.96. The quantitative estimate of drug-likeness (QED) is 0.623. The number of aliphatic hydroxyl groups is 1. The average Bonchev–Trinajstić information content (AvgIpc) is 1.61. The van der Waals surface area contributed by atoms with Crippen LogP contribution in [0.2, 0.25) is 0 Å². The van der Waals surface area contributed by atoms with E-state index >= 15 is 0 Å². The first-order chi connectivity index (χ1) is 3.27. The third-order valence-corrected chi connectivity index (χ3v) is 0.654. The molecular formula is C4H8BrO2. The van der Waals surface area contributed by atoms with Crippen LogP contribution in [0.4, 0.5) is 0 Å². The molecule has 0 aromatic heterocycles. The zero-order valence-electron chi connectivity index (χ0n) is 3.93. The van der Waals surface area contributed by atoms with Gasteiger partial charge < -0.3 is 9.84 Å². The van der Waals surface area contributed by atoms with Gasteiger partial charge in [-0.3, -0.25) is 0 Å². The number of rotatable bonds is 3. The zero-order valence-corrected chi connectivity index (χ0v) is 5.52. The Morgan fingerprint density at radius 1 is 1.86 bits per heavy atom. The fourth-order valence-electron chi connectivity index (χ4n) is 0.181. The number of hydrogen-bond acceptors (Lipinski definition) is 2. The van der Waals surface area contributed by atoms with E-state index in [0.29, 0.717) is 6.61 Å². The van der Waals surface area contributed by atoms with Gasteiger partial charge in [-0.2, -0.15) is 0 Å². The van der Waals surface area contributed by atoms with Crippen molar-refractivity contribution in [1.82, 2.24) is 0 Å². The summed E-state index contributed by atoms with van der Waals surface area (Å²) in [6.07, 6.45) is 0. The molecule has 3 heteroatoms. The summed E-state index contributed by atoms with van der Waals surface area (Å²) in [6, 6.07) is 0. The lowest BCUT2D eigenvalue weighted by molar-refractivity contribution is 0.0979. The first kappa shape index (κ1) is 7.40. The summed E-state index contributed by atoms with van der Waals surface area (Å²) in [6.45, 7) is 3.86. The van der Waals surface area contributed by atoms with Crippen LogP contribution in [0.3, 0.4) is 0 Å². The molecule has 0 bridgehead atoms. The first-order valence-electron chi connectivity index (χ1n) is 1.97. The van der Waals surface area contributed by atoms with Crippen LogP contribution in [-0.2, 0) is 4.74 Å². The molecule has 0 saturated heterocycles. The second-order valence-corrected chi connectivity index (χ2v) is 2.03. The third-order valence-electron chi connectivity index (χ3n) is 0.390. The van der Waals surface area contributed by atoms with Crippen LogP contribution in [0.15, 0.2) is 0 Å². The fraction of sp³-hybridized carbons (Fsp3) is 0.750. The Labute approximate surface area is 51.6 Å². The molecule has 0 spiro atoms. The highest BCUT2D eigenvalue weighted by molar-refractivity contribution is 9.09. The zero-order chi connectivity index (χ0) is 5.70. The van der Waals surface area contributed by atoms with E-state index in [2.05, 4.69) is 22.9 Å². The summed E-state index contributed by atoms with van der Waals surface area (Å²) in [5.74, 6) is 0. The van der Waals surface area contributed by atoms with Crippen LogP contribution in [0.1, 0.15) is 0 Å². The minimum atomic E-state index is -0.195. The number of alkyl halides is 1. The predicted molar refractivity (Wildman–Crippen MR) is 31.1 cm³/mol. The van der Waals surface area contributed by atoms with Crippen molar-refractivity contribution in [3.63, 3.8) is 0 Å². The molecule has 0 aromatic carbocycles. The highest BCUT2D eigenvalue weighted by atomic mass is 79.9. The Kier molecular flexibility index (Phi) is 4.82. The standard InChI is InChI=1S/C4H8BrO2/c1-4(5)7-3-2-6/h4,6H,1-3H2. The summed E-state index contributed by atoms with van der Waals surface area (Å²) in [5, 5.41) is 7.95. The van der Waals surface area contributed by atoms with E-state index in [4.69, 9.17) is 9.84 Å². The van der Waals surface area contributed by atoms with Gasteiger partial charge in [-0.1, -0.05) is 15.9 Å². The number of aliphatic hydroxyl groups excluding tert-OH is 1. The summed E-state index contributed by atoms with van der Waals surface area (Å²) in [5.41, 5.74) is 0. The number of halogens is 1. The van der Waals surface area contributed by atoms with Crippen molar-refractivity contribution in [3.05, 3.63) is 6.92 Å². The SMILES string of the molecule is [CH2]C(Br)OCCO. The third kappa shape index (κ3) is 6.40. The maximum absolute atomic E-state index is 8.14. The van der Waals surface area contributed by atoms with Gasteiger partial charge in [-0.15, -0.1) is 0 Å². The summed E-state index contributed by atoms with van der Waals surface area (Å²) < 4.78 is 4.75. The monoisotopic (exact) mass is 167 g/mol. The molecule has 0 saturated carbocycles.